The van der Waals surface area contributed by atoms with Crippen molar-refractivity contribution in [1.29, 1.82) is 0 Å². The van der Waals surface area contributed by atoms with E-state index < -0.39 is 10.8 Å². The van der Waals surface area contributed by atoms with E-state index >= 15 is 0 Å². The van der Waals surface area contributed by atoms with Gasteiger partial charge in [0.25, 0.3) is 11.6 Å². The van der Waals surface area contributed by atoms with E-state index in [4.69, 9.17) is 11.6 Å². The predicted molar refractivity (Wildman–Crippen MR) is 108 cm³/mol. The van der Waals surface area contributed by atoms with Crippen LogP contribution in [-0.4, -0.2) is 15.8 Å². The number of non-ortho nitro benzene ring substituents is 1. The molecule has 1 amide bonds. The zero-order valence-electron chi connectivity index (χ0n) is 14.3. The zero-order valence-corrected chi connectivity index (χ0v) is 15.1. The number of benzene rings is 3. The van der Waals surface area contributed by atoms with Gasteiger partial charge in [-0.25, -0.2) is 4.98 Å². The molecule has 0 aliphatic carbocycles. The number of rotatable bonds is 4. The molecule has 0 atom stereocenters. The molecule has 0 aliphatic heterocycles. The highest BCUT2D eigenvalue weighted by atomic mass is 35.5. The molecule has 0 aliphatic rings. The van der Waals surface area contributed by atoms with Gasteiger partial charge in [-0.15, -0.1) is 0 Å². The lowest BCUT2D eigenvalue weighted by molar-refractivity contribution is -0.384. The molecular weight excluding hydrogens is 380 g/mol. The fourth-order valence-corrected chi connectivity index (χ4v) is 3.17. The molecule has 1 heterocycles. The third-order valence-electron chi connectivity index (χ3n) is 4.29. The molecule has 0 saturated carbocycles. The lowest BCUT2D eigenvalue weighted by Crippen LogP contribution is -2.30. The van der Waals surface area contributed by atoms with Crippen molar-refractivity contribution in [3.8, 4) is 0 Å². The van der Waals surface area contributed by atoms with Gasteiger partial charge in [-0.1, -0.05) is 48.0 Å². The number of anilines is 1. The molecular formula is C20H13ClN4O3. The summed E-state index contributed by atoms with van der Waals surface area (Å²) in [5, 5.41) is 12.7. The quantitative estimate of drug-likeness (QED) is 0.298. The molecule has 0 fully saturated rings. The van der Waals surface area contributed by atoms with Crippen LogP contribution in [0, 0.1) is 10.1 Å². The number of nitro groups is 1. The SMILES string of the molecule is O=C(NNc1c2ccccc2nc2ccccc12)c1cc([N+](=O)[O-])ccc1Cl. The van der Waals surface area contributed by atoms with E-state index in [9.17, 15) is 14.9 Å². The number of carbonyl (C=O) groups excluding carboxylic acids is 1. The molecule has 7 nitrogen and oxygen atoms in total. The van der Waals surface area contributed by atoms with Crippen molar-refractivity contribution in [3.63, 3.8) is 0 Å². The Bertz CT molecular complexity index is 1190. The van der Waals surface area contributed by atoms with E-state index in [0.29, 0.717) is 5.69 Å². The van der Waals surface area contributed by atoms with Crippen molar-refractivity contribution < 1.29 is 9.72 Å². The van der Waals surface area contributed by atoms with Gasteiger partial charge in [0.1, 0.15) is 0 Å². The van der Waals surface area contributed by atoms with Crippen molar-refractivity contribution in [3.05, 3.63) is 87.4 Å². The maximum Gasteiger partial charge on any atom is 0.271 e. The molecule has 0 saturated heterocycles. The average Bonchev–Trinajstić information content (AvgIpc) is 2.71. The zero-order chi connectivity index (χ0) is 19.7. The van der Waals surface area contributed by atoms with Gasteiger partial charge in [-0.2, -0.15) is 0 Å². The van der Waals surface area contributed by atoms with E-state index in [1.807, 2.05) is 48.5 Å². The largest absolute Gasteiger partial charge is 0.297 e. The van der Waals surface area contributed by atoms with Gasteiger partial charge in [-0.3, -0.25) is 25.8 Å². The van der Waals surface area contributed by atoms with Crippen molar-refractivity contribution in [2.75, 3.05) is 5.43 Å². The van der Waals surface area contributed by atoms with E-state index in [0.717, 1.165) is 27.9 Å². The molecule has 3 aromatic carbocycles. The van der Waals surface area contributed by atoms with Gasteiger partial charge in [-0.05, 0) is 18.2 Å². The Labute approximate surface area is 164 Å². The second kappa shape index (κ2) is 7.13. The molecule has 0 spiro atoms. The minimum Gasteiger partial charge on any atom is -0.297 e. The first-order valence-corrected chi connectivity index (χ1v) is 8.70. The van der Waals surface area contributed by atoms with Crippen LogP contribution in [0.5, 0.6) is 0 Å². The molecule has 2 N–H and O–H groups in total. The van der Waals surface area contributed by atoms with Gasteiger partial charge < -0.3 is 0 Å². The Balaban J connectivity index is 1.72. The van der Waals surface area contributed by atoms with Crippen molar-refractivity contribution in [2.24, 2.45) is 0 Å². The summed E-state index contributed by atoms with van der Waals surface area (Å²) in [6.07, 6.45) is 0. The number of nitro benzene ring substituents is 1. The topological polar surface area (TPSA) is 97.2 Å². The molecule has 4 aromatic rings. The summed E-state index contributed by atoms with van der Waals surface area (Å²) >= 11 is 6.05. The summed E-state index contributed by atoms with van der Waals surface area (Å²) in [6, 6.07) is 18.8. The lowest BCUT2D eigenvalue weighted by Gasteiger charge is -2.14. The highest BCUT2D eigenvalue weighted by molar-refractivity contribution is 6.34. The fourth-order valence-electron chi connectivity index (χ4n) is 2.96. The highest BCUT2D eigenvalue weighted by Gasteiger charge is 2.16. The smallest absolute Gasteiger partial charge is 0.271 e. The Morgan fingerprint density at radius 3 is 2.18 bits per heavy atom. The summed E-state index contributed by atoms with van der Waals surface area (Å²) in [4.78, 5) is 27.6. The van der Waals surface area contributed by atoms with Gasteiger partial charge in [0.05, 0.1) is 32.2 Å². The van der Waals surface area contributed by atoms with E-state index in [-0.39, 0.29) is 16.3 Å². The van der Waals surface area contributed by atoms with Crippen LogP contribution in [0.25, 0.3) is 21.8 Å². The molecule has 138 valence electrons. The normalized spacial score (nSPS) is 10.8. The van der Waals surface area contributed by atoms with Gasteiger partial charge in [0.15, 0.2) is 0 Å². The van der Waals surface area contributed by atoms with Crippen LogP contribution < -0.4 is 10.9 Å². The number of fused-ring (bicyclic) bond motifs is 2. The number of pyridine rings is 1. The maximum absolute atomic E-state index is 12.6. The fraction of sp³-hybridized carbons (Fsp3) is 0. The number of halogens is 1. The molecule has 0 unspecified atom stereocenters. The Kier molecular flexibility index (Phi) is 4.50. The minimum atomic E-state index is -0.585. The van der Waals surface area contributed by atoms with Crippen molar-refractivity contribution in [2.45, 2.75) is 0 Å². The van der Waals surface area contributed by atoms with Gasteiger partial charge in [0, 0.05) is 22.9 Å². The summed E-state index contributed by atoms with van der Waals surface area (Å²) in [6.45, 7) is 0. The first-order chi connectivity index (χ1) is 13.5. The van der Waals surface area contributed by atoms with Crippen LogP contribution in [0.15, 0.2) is 66.7 Å². The standard InChI is InChI=1S/C20H13ClN4O3/c21-16-10-9-12(25(27)28)11-15(16)20(26)24-23-19-13-5-1-3-7-17(13)22-18-8-4-2-6-14(18)19/h1-11H,(H,22,23)(H,24,26). The first kappa shape index (κ1) is 17.7. The molecule has 8 heteroatoms. The van der Waals surface area contributed by atoms with E-state index in [2.05, 4.69) is 15.8 Å². The number of para-hydroxylation sites is 2. The summed E-state index contributed by atoms with van der Waals surface area (Å²) in [5.74, 6) is -0.585. The van der Waals surface area contributed by atoms with Gasteiger partial charge in [0.2, 0.25) is 0 Å². The Morgan fingerprint density at radius 2 is 1.57 bits per heavy atom. The van der Waals surface area contributed by atoms with Crippen LogP contribution in [0.4, 0.5) is 11.4 Å². The number of hydrogen-bond acceptors (Lipinski definition) is 5. The molecule has 0 bridgehead atoms. The van der Waals surface area contributed by atoms with Crippen molar-refractivity contribution >= 4 is 50.7 Å². The lowest BCUT2D eigenvalue weighted by atomic mass is 10.1. The molecule has 28 heavy (non-hydrogen) atoms. The number of carbonyl (C=O) groups is 1. The Morgan fingerprint density at radius 1 is 0.964 bits per heavy atom. The van der Waals surface area contributed by atoms with Crippen LogP contribution in [0.1, 0.15) is 10.4 Å². The highest BCUT2D eigenvalue weighted by Crippen LogP contribution is 2.30. The first-order valence-electron chi connectivity index (χ1n) is 8.32. The number of hydrogen-bond donors (Lipinski definition) is 2. The second-order valence-corrected chi connectivity index (χ2v) is 6.43. The molecule has 0 radical (unpaired) electrons. The monoisotopic (exact) mass is 392 g/mol. The third kappa shape index (κ3) is 3.19. The summed E-state index contributed by atoms with van der Waals surface area (Å²) < 4.78 is 0. The minimum absolute atomic E-state index is 0.00559. The third-order valence-corrected chi connectivity index (χ3v) is 4.62. The number of nitrogens with zero attached hydrogens (tertiary/aromatic N) is 2. The molecule has 1 aromatic heterocycles. The summed E-state index contributed by atoms with van der Waals surface area (Å²) in [5.41, 5.74) is 7.53. The average molecular weight is 393 g/mol. The number of nitrogens with one attached hydrogen (secondary N) is 2. The van der Waals surface area contributed by atoms with Crippen LogP contribution in [-0.2, 0) is 0 Å². The van der Waals surface area contributed by atoms with E-state index in [1.54, 1.807) is 0 Å². The number of amides is 1. The van der Waals surface area contributed by atoms with Crippen LogP contribution in [0.2, 0.25) is 5.02 Å². The van der Waals surface area contributed by atoms with E-state index in [1.165, 1.54) is 12.1 Å². The molecule has 4 rings (SSSR count). The summed E-state index contributed by atoms with van der Waals surface area (Å²) in [7, 11) is 0. The number of hydrazine groups is 1. The van der Waals surface area contributed by atoms with Gasteiger partial charge >= 0.3 is 0 Å². The van der Waals surface area contributed by atoms with Crippen LogP contribution in [0.3, 0.4) is 0 Å². The van der Waals surface area contributed by atoms with Crippen LogP contribution >= 0.6 is 11.6 Å². The number of aromatic nitrogens is 1. The van der Waals surface area contributed by atoms with Crippen molar-refractivity contribution in [1.82, 2.24) is 10.4 Å². The maximum atomic E-state index is 12.6. The second-order valence-electron chi connectivity index (χ2n) is 6.02. The Hall–Kier alpha value is -3.71. The predicted octanol–water partition coefficient (Wildman–Crippen LogP) is 4.71.